The summed E-state index contributed by atoms with van der Waals surface area (Å²) in [6.45, 7) is 3.58. The van der Waals surface area contributed by atoms with Crippen molar-refractivity contribution in [3.05, 3.63) is 30.0 Å². The van der Waals surface area contributed by atoms with E-state index in [4.69, 9.17) is 14.6 Å². The Kier molecular flexibility index (Phi) is 9.25. The van der Waals surface area contributed by atoms with Gasteiger partial charge in [0.1, 0.15) is 17.6 Å². The molecule has 0 unspecified atom stereocenters. The number of carboxylic acid groups (broad SMARTS) is 1. The summed E-state index contributed by atoms with van der Waals surface area (Å²) in [6.07, 6.45) is -4.71. The molecule has 2 heterocycles. The summed E-state index contributed by atoms with van der Waals surface area (Å²) in [5, 5.41) is 13.0. The van der Waals surface area contributed by atoms with Gasteiger partial charge >= 0.3 is 18.1 Å². The maximum atomic E-state index is 14.0. The highest BCUT2D eigenvalue weighted by molar-refractivity contribution is 7.93. The van der Waals surface area contributed by atoms with Gasteiger partial charge in [0, 0.05) is 19.2 Å². The Bertz CT molecular complexity index is 1420. The number of aromatic nitrogens is 2. The zero-order valence-corrected chi connectivity index (χ0v) is 23.5. The number of sulfonamides is 1. The number of rotatable bonds is 12. The van der Waals surface area contributed by atoms with Gasteiger partial charge in [0.05, 0.1) is 18.7 Å². The van der Waals surface area contributed by atoms with Crippen molar-refractivity contribution in [1.82, 2.24) is 9.78 Å². The zero-order valence-electron chi connectivity index (χ0n) is 22.7. The molecule has 0 saturated heterocycles. The first kappa shape index (κ1) is 31.7. The Morgan fingerprint density at radius 2 is 1.90 bits per heavy atom. The molecular weight excluding hydrogens is 575 g/mol. The van der Waals surface area contributed by atoms with Crippen LogP contribution in [-0.2, 0) is 42.1 Å². The molecule has 1 N–H and O–H groups in total. The maximum absolute atomic E-state index is 14.0. The van der Waals surface area contributed by atoms with Crippen LogP contribution in [0.1, 0.15) is 46.1 Å². The number of Topliss-reactive ketones (excluding diaryl/α,β-unsaturated/α-hetero) is 1. The standard InChI is InChI=1S/C25H30F3N3O9S/c1-5-30-13-20(23(29-30)38-14-21(33)34)41(36,37)31-12-17(8-6-15(2)32)39-19-9-7-16(10-18(19)31)11-22(35)40-24(3,4)25(26,27)28/h7,9-10,13,17H,5-6,8,11-12,14H2,1-4H3,(H,33,34)/t17-/m0/s1. The third-order valence-corrected chi connectivity index (χ3v) is 7.86. The lowest BCUT2D eigenvalue weighted by Crippen LogP contribution is -2.44. The molecule has 1 aliphatic heterocycles. The number of carbonyl (C=O) groups excluding carboxylic acids is 2. The smallest absolute Gasteiger partial charge is 0.427 e. The van der Waals surface area contributed by atoms with E-state index in [1.54, 1.807) is 6.92 Å². The number of aryl methyl sites for hydroxylation is 1. The number of alkyl halides is 3. The second-order valence-corrected chi connectivity index (χ2v) is 11.6. The molecule has 16 heteroatoms. The maximum Gasteiger partial charge on any atom is 0.427 e. The van der Waals surface area contributed by atoms with E-state index < -0.39 is 63.6 Å². The van der Waals surface area contributed by atoms with Crippen LogP contribution in [0.15, 0.2) is 29.3 Å². The summed E-state index contributed by atoms with van der Waals surface area (Å²) in [4.78, 5) is 34.5. The fraction of sp³-hybridized carbons (Fsp3) is 0.520. The van der Waals surface area contributed by atoms with Crippen molar-refractivity contribution < 1.29 is 55.3 Å². The summed E-state index contributed by atoms with van der Waals surface area (Å²) in [5.74, 6) is -3.05. The molecule has 41 heavy (non-hydrogen) atoms. The molecule has 1 aromatic heterocycles. The summed E-state index contributed by atoms with van der Waals surface area (Å²) in [5.41, 5.74) is -2.63. The van der Waals surface area contributed by atoms with Gasteiger partial charge in [-0.2, -0.15) is 13.2 Å². The van der Waals surface area contributed by atoms with E-state index in [1.807, 2.05) is 0 Å². The molecule has 1 atom stereocenters. The Labute approximate surface area is 234 Å². The van der Waals surface area contributed by atoms with Crippen LogP contribution in [-0.4, -0.2) is 72.1 Å². The molecule has 0 amide bonds. The number of hydrogen-bond acceptors (Lipinski definition) is 9. The molecule has 3 rings (SSSR count). The Balaban J connectivity index is 2.02. The van der Waals surface area contributed by atoms with Crippen LogP contribution in [0.4, 0.5) is 18.9 Å². The monoisotopic (exact) mass is 605 g/mol. The van der Waals surface area contributed by atoms with Crippen LogP contribution in [0, 0.1) is 0 Å². The van der Waals surface area contributed by atoms with Gasteiger partial charge in [-0.1, -0.05) is 6.07 Å². The first-order chi connectivity index (χ1) is 18.9. The van der Waals surface area contributed by atoms with Crippen LogP contribution in [0.3, 0.4) is 0 Å². The fourth-order valence-electron chi connectivity index (χ4n) is 3.83. The first-order valence-corrected chi connectivity index (χ1v) is 13.9. The molecule has 0 fully saturated rings. The van der Waals surface area contributed by atoms with Crippen molar-refractivity contribution in [3.63, 3.8) is 0 Å². The van der Waals surface area contributed by atoms with E-state index in [2.05, 4.69) is 9.84 Å². The average molecular weight is 606 g/mol. The normalized spacial score (nSPS) is 15.6. The minimum Gasteiger partial charge on any atom is -0.486 e. The number of halogens is 3. The molecule has 0 spiro atoms. The molecule has 0 aliphatic carbocycles. The first-order valence-electron chi connectivity index (χ1n) is 12.5. The molecule has 1 aliphatic rings. The number of carboxylic acids is 1. The van der Waals surface area contributed by atoms with Crippen molar-refractivity contribution in [2.45, 2.75) is 76.3 Å². The van der Waals surface area contributed by atoms with E-state index in [1.165, 1.54) is 36.0 Å². The number of benzene rings is 1. The molecule has 0 radical (unpaired) electrons. The van der Waals surface area contributed by atoms with Crippen LogP contribution < -0.4 is 13.8 Å². The van der Waals surface area contributed by atoms with E-state index in [9.17, 15) is 36.0 Å². The highest BCUT2D eigenvalue weighted by Crippen LogP contribution is 2.40. The van der Waals surface area contributed by atoms with Gasteiger partial charge in [-0.25, -0.2) is 13.2 Å². The minimum atomic E-state index is -4.81. The van der Waals surface area contributed by atoms with E-state index in [-0.39, 0.29) is 48.7 Å². The minimum absolute atomic E-state index is 0.0297. The van der Waals surface area contributed by atoms with Gasteiger partial charge < -0.3 is 24.1 Å². The van der Waals surface area contributed by atoms with Gasteiger partial charge in [0.15, 0.2) is 11.5 Å². The average Bonchev–Trinajstić information content (AvgIpc) is 3.29. The number of nitrogens with zero attached hydrogens (tertiary/aromatic N) is 3. The van der Waals surface area contributed by atoms with Crippen molar-refractivity contribution >= 4 is 33.4 Å². The second-order valence-electron chi connectivity index (χ2n) is 9.81. The van der Waals surface area contributed by atoms with Crippen molar-refractivity contribution in [1.29, 1.82) is 0 Å². The molecular formula is C25H30F3N3O9S. The molecule has 12 nitrogen and oxygen atoms in total. The van der Waals surface area contributed by atoms with Gasteiger partial charge in [-0.15, -0.1) is 5.10 Å². The summed E-state index contributed by atoms with van der Waals surface area (Å²) < 4.78 is 85.3. The molecule has 1 aromatic carbocycles. The predicted octanol–water partition coefficient (Wildman–Crippen LogP) is 3.12. The van der Waals surface area contributed by atoms with E-state index >= 15 is 0 Å². The fourth-order valence-corrected chi connectivity index (χ4v) is 5.40. The van der Waals surface area contributed by atoms with E-state index in [0.29, 0.717) is 13.8 Å². The molecule has 0 saturated carbocycles. The lowest BCUT2D eigenvalue weighted by Gasteiger charge is -2.35. The highest BCUT2D eigenvalue weighted by Gasteiger charge is 2.50. The molecule has 226 valence electrons. The molecule has 2 aromatic rings. The molecule has 0 bridgehead atoms. The van der Waals surface area contributed by atoms with Gasteiger partial charge in [0.2, 0.25) is 5.60 Å². The number of esters is 1. The Morgan fingerprint density at radius 3 is 2.49 bits per heavy atom. The second kappa shape index (κ2) is 12.0. The summed E-state index contributed by atoms with van der Waals surface area (Å²) in [7, 11) is -4.51. The number of carbonyl (C=O) groups is 3. The summed E-state index contributed by atoms with van der Waals surface area (Å²) in [6, 6.07) is 4.03. The number of ketones is 1. The quantitative estimate of drug-likeness (QED) is 0.357. The predicted molar refractivity (Wildman–Crippen MR) is 136 cm³/mol. The topological polar surface area (TPSA) is 154 Å². The van der Waals surface area contributed by atoms with Crippen molar-refractivity contribution in [3.8, 4) is 11.6 Å². The number of hydrogen-bond donors (Lipinski definition) is 1. The Hall–Kier alpha value is -3.82. The van der Waals surface area contributed by atoms with Crippen LogP contribution in [0.5, 0.6) is 11.6 Å². The SMILES string of the molecule is CCn1cc(S(=O)(=O)N2C[C@H](CCC(C)=O)Oc3ccc(CC(=O)OC(C)(C)C(F)(F)F)cc32)c(OCC(=O)O)n1. The Morgan fingerprint density at radius 1 is 1.22 bits per heavy atom. The highest BCUT2D eigenvalue weighted by atomic mass is 32.2. The lowest BCUT2D eigenvalue weighted by molar-refractivity contribution is -0.257. The van der Waals surface area contributed by atoms with Crippen molar-refractivity contribution in [2.75, 3.05) is 17.5 Å². The third kappa shape index (κ3) is 7.48. The number of aliphatic carboxylic acids is 1. The van der Waals surface area contributed by atoms with Crippen LogP contribution in [0.25, 0.3) is 0 Å². The third-order valence-electron chi connectivity index (χ3n) is 6.09. The van der Waals surface area contributed by atoms with Gasteiger partial charge in [-0.05, 0) is 51.8 Å². The number of ether oxygens (including phenoxy) is 3. The van der Waals surface area contributed by atoms with Crippen LogP contribution in [0.2, 0.25) is 0 Å². The summed E-state index contributed by atoms with van der Waals surface area (Å²) >= 11 is 0. The largest absolute Gasteiger partial charge is 0.486 e. The number of fused-ring (bicyclic) bond motifs is 1. The lowest BCUT2D eigenvalue weighted by atomic mass is 10.1. The van der Waals surface area contributed by atoms with Crippen molar-refractivity contribution in [2.24, 2.45) is 0 Å². The zero-order chi connectivity index (χ0) is 30.8. The van der Waals surface area contributed by atoms with Gasteiger partial charge in [-0.3, -0.25) is 13.8 Å². The van der Waals surface area contributed by atoms with Gasteiger partial charge in [0.25, 0.3) is 15.9 Å². The van der Waals surface area contributed by atoms with E-state index in [0.717, 1.165) is 4.31 Å². The van der Waals surface area contributed by atoms with Crippen LogP contribution >= 0.6 is 0 Å². The number of anilines is 1.